The van der Waals surface area contributed by atoms with E-state index >= 15 is 0 Å². The molecule has 0 saturated carbocycles. The molecule has 4 aromatic rings. The lowest BCUT2D eigenvalue weighted by Gasteiger charge is -2.36. The Morgan fingerprint density at radius 3 is 2.31 bits per heavy atom. The van der Waals surface area contributed by atoms with Crippen molar-refractivity contribution in [3.63, 3.8) is 0 Å². The first-order chi connectivity index (χ1) is 16.7. The topological polar surface area (TPSA) is 40.7 Å². The van der Waals surface area contributed by atoms with Crippen LogP contribution in [0.2, 0.25) is 0 Å². The van der Waals surface area contributed by atoms with Gasteiger partial charge in [0.1, 0.15) is 5.82 Å². The SMILES string of the molecule is COc1ccccc1Oc1ccccc1N1CCN(CCCc2c[nH]c3ccc(F)cc23)CC1.Cl.Cl. The standard InChI is InChI=1S/C28H30FN3O2.2ClH/c1-33-27-10-4-5-11-28(27)34-26-9-3-2-8-25(26)32-17-15-31(16-18-32)14-6-7-21-20-30-24-13-12-22(29)19-23(21)24;;/h2-5,8-13,19-20,30H,6-7,14-18H2,1H3;2*1H. The Morgan fingerprint density at radius 2 is 1.56 bits per heavy atom. The van der Waals surface area contributed by atoms with Crippen LogP contribution in [0.25, 0.3) is 10.9 Å². The van der Waals surface area contributed by atoms with Gasteiger partial charge in [0.05, 0.1) is 12.8 Å². The molecule has 0 bridgehead atoms. The first-order valence-corrected chi connectivity index (χ1v) is 11.8. The predicted molar refractivity (Wildman–Crippen MR) is 149 cm³/mol. The van der Waals surface area contributed by atoms with Gasteiger partial charge in [0.2, 0.25) is 0 Å². The summed E-state index contributed by atoms with van der Waals surface area (Å²) in [6.07, 6.45) is 4.01. The summed E-state index contributed by atoms with van der Waals surface area (Å²) in [6.45, 7) is 4.95. The minimum Gasteiger partial charge on any atom is -0.493 e. The summed E-state index contributed by atoms with van der Waals surface area (Å²) in [5.74, 6) is 2.10. The molecule has 0 unspecified atom stereocenters. The van der Waals surface area contributed by atoms with Gasteiger partial charge in [0.15, 0.2) is 17.2 Å². The van der Waals surface area contributed by atoms with E-state index in [2.05, 4.69) is 26.9 Å². The number of ether oxygens (including phenoxy) is 2. The molecule has 1 aliphatic rings. The third-order valence-electron chi connectivity index (χ3n) is 6.52. The molecule has 1 N–H and O–H groups in total. The molecule has 36 heavy (non-hydrogen) atoms. The maximum absolute atomic E-state index is 13.6. The van der Waals surface area contributed by atoms with Gasteiger partial charge in [-0.15, -0.1) is 24.8 Å². The van der Waals surface area contributed by atoms with Gasteiger partial charge in [-0.1, -0.05) is 24.3 Å². The predicted octanol–water partition coefficient (Wildman–Crippen LogP) is 6.71. The second-order valence-corrected chi connectivity index (χ2v) is 8.66. The minimum absolute atomic E-state index is 0. The largest absolute Gasteiger partial charge is 0.493 e. The molecule has 1 aliphatic heterocycles. The van der Waals surface area contributed by atoms with Crippen LogP contribution in [0.3, 0.4) is 0 Å². The smallest absolute Gasteiger partial charge is 0.169 e. The maximum Gasteiger partial charge on any atom is 0.169 e. The number of hydrogen-bond donors (Lipinski definition) is 1. The molecular weight excluding hydrogens is 500 g/mol. The van der Waals surface area contributed by atoms with Crippen LogP contribution in [0.1, 0.15) is 12.0 Å². The molecule has 1 aromatic heterocycles. The Balaban J connectivity index is 0.00000180. The Hall–Kier alpha value is -2.93. The fourth-order valence-electron chi connectivity index (χ4n) is 4.69. The number of H-pyrrole nitrogens is 1. The molecule has 1 saturated heterocycles. The Kier molecular flexibility index (Phi) is 9.88. The second kappa shape index (κ2) is 12.9. The first-order valence-electron chi connectivity index (χ1n) is 11.8. The number of nitrogens with one attached hydrogen (secondary N) is 1. The van der Waals surface area contributed by atoms with Crippen LogP contribution >= 0.6 is 24.8 Å². The molecule has 1 fully saturated rings. The number of para-hydroxylation sites is 4. The van der Waals surface area contributed by atoms with Crippen LogP contribution in [-0.4, -0.2) is 49.7 Å². The minimum atomic E-state index is -0.181. The number of methoxy groups -OCH3 is 1. The normalized spacial score (nSPS) is 13.7. The van der Waals surface area contributed by atoms with Crippen molar-refractivity contribution in [3.05, 3.63) is 84.3 Å². The summed E-state index contributed by atoms with van der Waals surface area (Å²) < 4.78 is 25.3. The number of fused-ring (bicyclic) bond motifs is 1. The van der Waals surface area contributed by atoms with Crippen molar-refractivity contribution >= 4 is 41.4 Å². The molecule has 0 spiro atoms. The quantitative estimate of drug-likeness (QED) is 0.274. The molecule has 5 rings (SSSR count). The van der Waals surface area contributed by atoms with Crippen LogP contribution in [0, 0.1) is 5.82 Å². The number of anilines is 1. The van der Waals surface area contributed by atoms with Gasteiger partial charge in [-0.25, -0.2) is 4.39 Å². The summed E-state index contributed by atoms with van der Waals surface area (Å²) in [4.78, 5) is 8.15. The van der Waals surface area contributed by atoms with Crippen LogP contribution in [-0.2, 0) is 6.42 Å². The van der Waals surface area contributed by atoms with Gasteiger partial charge in [-0.05, 0) is 67.4 Å². The zero-order chi connectivity index (χ0) is 23.3. The van der Waals surface area contributed by atoms with Crippen molar-refractivity contribution < 1.29 is 13.9 Å². The van der Waals surface area contributed by atoms with Crippen molar-refractivity contribution in [2.24, 2.45) is 0 Å². The van der Waals surface area contributed by atoms with Gasteiger partial charge >= 0.3 is 0 Å². The average Bonchev–Trinajstić information content (AvgIpc) is 3.27. The number of benzene rings is 3. The molecule has 0 radical (unpaired) electrons. The molecule has 0 amide bonds. The van der Waals surface area contributed by atoms with Crippen molar-refractivity contribution in [1.29, 1.82) is 0 Å². The highest BCUT2D eigenvalue weighted by molar-refractivity contribution is 5.85. The third-order valence-corrected chi connectivity index (χ3v) is 6.52. The number of halogens is 3. The van der Waals surface area contributed by atoms with Crippen LogP contribution in [0.4, 0.5) is 10.1 Å². The summed E-state index contributed by atoms with van der Waals surface area (Å²) in [5, 5.41) is 0.997. The summed E-state index contributed by atoms with van der Waals surface area (Å²) in [6, 6.07) is 20.9. The maximum atomic E-state index is 13.6. The molecule has 3 aromatic carbocycles. The fraction of sp³-hybridized carbons (Fsp3) is 0.286. The highest BCUT2D eigenvalue weighted by Gasteiger charge is 2.20. The summed E-state index contributed by atoms with van der Waals surface area (Å²) >= 11 is 0. The Morgan fingerprint density at radius 1 is 0.861 bits per heavy atom. The average molecular weight is 532 g/mol. The van der Waals surface area contributed by atoms with Crippen molar-refractivity contribution in [2.75, 3.05) is 44.7 Å². The van der Waals surface area contributed by atoms with Crippen LogP contribution < -0.4 is 14.4 Å². The first kappa shape index (κ1) is 27.7. The van der Waals surface area contributed by atoms with E-state index in [-0.39, 0.29) is 30.6 Å². The zero-order valence-corrected chi connectivity index (χ0v) is 21.9. The molecular formula is C28H32Cl2FN3O2. The van der Waals surface area contributed by atoms with E-state index in [4.69, 9.17) is 9.47 Å². The molecule has 8 heteroatoms. The fourth-order valence-corrected chi connectivity index (χ4v) is 4.69. The molecule has 2 heterocycles. The zero-order valence-electron chi connectivity index (χ0n) is 20.3. The van der Waals surface area contributed by atoms with E-state index in [1.807, 2.05) is 48.7 Å². The number of piperazine rings is 1. The van der Waals surface area contributed by atoms with E-state index in [0.29, 0.717) is 5.75 Å². The van der Waals surface area contributed by atoms with Gasteiger partial charge in [-0.2, -0.15) is 0 Å². The third kappa shape index (κ3) is 6.25. The number of hydrogen-bond acceptors (Lipinski definition) is 4. The van der Waals surface area contributed by atoms with E-state index in [0.717, 1.165) is 73.7 Å². The molecule has 5 nitrogen and oxygen atoms in total. The van der Waals surface area contributed by atoms with Gasteiger partial charge in [0.25, 0.3) is 0 Å². The molecule has 192 valence electrons. The van der Waals surface area contributed by atoms with E-state index in [1.165, 1.54) is 11.6 Å². The van der Waals surface area contributed by atoms with Crippen LogP contribution in [0.15, 0.2) is 72.9 Å². The number of aryl methyl sites for hydroxylation is 1. The molecule has 0 aliphatic carbocycles. The number of rotatable bonds is 8. The second-order valence-electron chi connectivity index (χ2n) is 8.66. The molecule has 0 atom stereocenters. The van der Waals surface area contributed by atoms with Gasteiger partial charge < -0.3 is 19.4 Å². The summed E-state index contributed by atoms with van der Waals surface area (Å²) in [5.41, 5.74) is 3.29. The number of aromatic amines is 1. The monoisotopic (exact) mass is 531 g/mol. The van der Waals surface area contributed by atoms with Crippen molar-refractivity contribution in [2.45, 2.75) is 12.8 Å². The van der Waals surface area contributed by atoms with Gasteiger partial charge in [0, 0.05) is 43.3 Å². The van der Waals surface area contributed by atoms with E-state index in [9.17, 15) is 4.39 Å². The van der Waals surface area contributed by atoms with Gasteiger partial charge in [-0.3, -0.25) is 4.90 Å². The lowest BCUT2D eigenvalue weighted by atomic mass is 10.1. The number of aromatic nitrogens is 1. The van der Waals surface area contributed by atoms with Crippen molar-refractivity contribution in [3.8, 4) is 17.2 Å². The lowest BCUT2D eigenvalue weighted by Crippen LogP contribution is -2.46. The van der Waals surface area contributed by atoms with Crippen LogP contribution in [0.5, 0.6) is 17.2 Å². The number of nitrogens with zero attached hydrogens (tertiary/aromatic N) is 2. The van der Waals surface area contributed by atoms with E-state index in [1.54, 1.807) is 13.2 Å². The Bertz CT molecular complexity index is 1260. The van der Waals surface area contributed by atoms with E-state index < -0.39 is 0 Å². The van der Waals surface area contributed by atoms with Crippen molar-refractivity contribution in [1.82, 2.24) is 9.88 Å². The lowest BCUT2D eigenvalue weighted by molar-refractivity contribution is 0.254. The highest BCUT2D eigenvalue weighted by atomic mass is 35.5. The summed E-state index contributed by atoms with van der Waals surface area (Å²) in [7, 11) is 1.66. The highest BCUT2D eigenvalue weighted by Crippen LogP contribution is 2.36. The Labute approximate surface area is 224 Å².